The van der Waals surface area contributed by atoms with Gasteiger partial charge in [-0.15, -0.1) is 0 Å². The van der Waals surface area contributed by atoms with Crippen molar-refractivity contribution in [1.29, 1.82) is 0 Å². The van der Waals surface area contributed by atoms with Gasteiger partial charge in [-0.2, -0.15) is 0 Å². The molecule has 0 aromatic heterocycles. The fourth-order valence-electron chi connectivity index (χ4n) is 8.54. The van der Waals surface area contributed by atoms with Crippen LogP contribution in [0, 0.1) is 46.3 Å². The lowest BCUT2D eigenvalue weighted by Gasteiger charge is -2.45. The number of fused-ring (bicyclic) bond motifs is 4. The summed E-state index contributed by atoms with van der Waals surface area (Å²) < 4.78 is 0. The normalized spacial score (nSPS) is 43.3. The molecule has 0 aromatic carbocycles. The number of hydrogen-bond donors (Lipinski definition) is 0. The maximum Gasteiger partial charge on any atom is -0.0323 e. The zero-order valence-electron chi connectivity index (χ0n) is 19.8. The largest absolute Gasteiger partial charge is 0.0596 e. The topological polar surface area (TPSA) is 0 Å². The van der Waals surface area contributed by atoms with Gasteiger partial charge in [0.15, 0.2) is 0 Å². The van der Waals surface area contributed by atoms with Crippen LogP contribution in [0.1, 0.15) is 130 Å². The number of hydrogen-bond acceptors (Lipinski definition) is 0. The van der Waals surface area contributed by atoms with Crippen LogP contribution in [-0.2, 0) is 0 Å². The van der Waals surface area contributed by atoms with Crippen LogP contribution in [0.5, 0.6) is 0 Å². The van der Waals surface area contributed by atoms with E-state index in [0.29, 0.717) is 10.8 Å². The molecule has 6 unspecified atom stereocenters. The Bertz CT molecular complexity index is 500. The molecule has 4 rings (SSSR count). The lowest BCUT2D eigenvalue weighted by molar-refractivity contribution is 0.0627. The van der Waals surface area contributed by atoms with E-state index >= 15 is 0 Å². The molecular formula is C28H50. The lowest BCUT2D eigenvalue weighted by atomic mass is 9.61. The third kappa shape index (κ3) is 5.00. The Morgan fingerprint density at radius 3 is 1.89 bits per heavy atom. The molecule has 28 heavy (non-hydrogen) atoms. The summed E-state index contributed by atoms with van der Waals surface area (Å²) in [6.07, 6.45) is 24.6. The first-order valence-corrected chi connectivity index (χ1v) is 13.3. The second-order valence-corrected chi connectivity index (χ2v) is 13.3. The highest BCUT2D eigenvalue weighted by molar-refractivity contribution is 4.91. The standard InChI is InChI=1S/C28H50/c1-27(2)19-22(13-12-21-9-7-11-26(27)17-21)14-15-24-16-23-8-5-6-10-25(18-23)28(3,4)20-24/h21-26H,5-20H2,1-4H3. The van der Waals surface area contributed by atoms with Gasteiger partial charge in [-0.3, -0.25) is 0 Å². The summed E-state index contributed by atoms with van der Waals surface area (Å²) in [5.74, 6) is 6.22. The third-order valence-corrected chi connectivity index (χ3v) is 10.3. The highest BCUT2D eigenvalue weighted by Gasteiger charge is 2.40. The van der Waals surface area contributed by atoms with Crippen LogP contribution in [0.15, 0.2) is 0 Å². The van der Waals surface area contributed by atoms with E-state index in [2.05, 4.69) is 27.7 Å². The summed E-state index contributed by atoms with van der Waals surface area (Å²) >= 11 is 0. The van der Waals surface area contributed by atoms with E-state index < -0.39 is 0 Å². The zero-order chi connectivity index (χ0) is 19.8. The molecule has 0 amide bonds. The fourth-order valence-corrected chi connectivity index (χ4v) is 8.54. The Morgan fingerprint density at radius 2 is 1.11 bits per heavy atom. The minimum Gasteiger partial charge on any atom is -0.0596 e. The van der Waals surface area contributed by atoms with Gasteiger partial charge in [0.1, 0.15) is 0 Å². The molecule has 0 radical (unpaired) electrons. The molecule has 4 bridgehead atoms. The molecule has 4 aliphatic rings. The van der Waals surface area contributed by atoms with Crippen molar-refractivity contribution >= 4 is 0 Å². The lowest BCUT2D eigenvalue weighted by Crippen LogP contribution is -2.34. The summed E-state index contributed by atoms with van der Waals surface area (Å²) in [5.41, 5.74) is 1.20. The highest BCUT2D eigenvalue weighted by atomic mass is 14.5. The van der Waals surface area contributed by atoms with Crippen LogP contribution in [0.2, 0.25) is 0 Å². The first-order chi connectivity index (χ1) is 13.3. The molecule has 162 valence electrons. The van der Waals surface area contributed by atoms with Crippen molar-refractivity contribution in [3.8, 4) is 0 Å². The minimum absolute atomic E-state index is 0.598. The SMILES string of the molecule is CC1(C)CC(CCC2CC3CCCCC(C3)C(C)(C)C2)CCC2CCCC1C2. The van der Waals surface area contributed by atoms with Gasteiger partial charge in [0.2, 0.25) is 0 Å². The molecular weight excluding hydrogens is 336 g/mol. The first kappa shape index (κ1) is 21.2. The predicted octanol–water partition coefficient (Wildman–Crippen LogP) is 9.03. The van der Waals surface area contributed by atoms with Crippen LogP contribution in [0.3, 0.4) is 0 Å². The van der Waals surface area contributed by atoms with Crippen LogP contribution in [0.25, 0.3) is 0 Å². The Hall–Kier alpha value is 0. The van der Waals surface area contributed by atoms with Gasteiger partial charge in [0, 0.05) is 0 Å². The van der Waals surface area contributed by atoms with Crippen LogP contribution in [0.4, 0.5) is 0 Å². The zero-order valence-corrected chi connectivity index (χ0v) is 19.8. The summed E-state index contributed by atoms with van der Waals surface area (Å²) in [4.78, 5) is 0. The smallest absolute Gasteiger partial charge is 0.0323 e. The molecule has 4 fully saturated rings. The summed E-state index contributed by atoms with van der Waals surface area (Å²) in [6, 6.07) is 0. The van der Waals surface area contributed by atoms with Gasteiger partial charge in [-0.25, -0.2) is 0 Å². The minimum atomic E-state index is 0.598. The average Bonchev–Trinajstić information content (AvgIpc) is 2.95. The van der Waals surface area contributed by atoms with E-state index in [1.165, 1.54) is 44.9 Å². The Kier molecular flexibility index (Phi) is 6.54. The van der Waals surface area contributed by atoms with Gasteiger partial charge in [-0.1, -0.05) is 85.5 Å². The highest BCUT2D eigenvalue weighted by Crippen LogP contribution is 2.52. The average molecular weight is 387 g/mol. The number of rotatable bonds is 3. The van der Waals surface area contributed by atoms with Crippen LogP contribution >= 0.6 is 0 Å². The summed E-state index contributed by atoms with van der Waals surface area (Å²) in [6.45, 7) is 10.5. The van der Waals surface area contributed by atoms with Crippen molar-refractivity contribution in [2.24, 2.45) is 46.3 Å². The van der Waals surface area contributed by atoms with E-state index in [-0.39, 0.29) is 0 Å². The van der Waals surface area contributed by atoms with Gasteiger partial charge in [0.25, 0.3) is 0 Å². The monoisotopic (exact) mass is 386 g/mol. The molecule has 0 saturated heterocycles. The molecule has 0 heterocycles. The van der Waals surface area contributed by atoms with Crippen LogP contribution in [-0.4, -0.2) is 0 Å². The first-order valence-electron chi connectivity index (χ1n) is 13.3. The van der Waals surface area contributed by atoms with E-state index in [4.69, 9.17) is 0 Å². The molecule has 0 N–H and O–H groups in total. The fraction of sp³-hybridized carbons (Fsp3) is 1.00. The van der Waals surface area contributed by atoms with E-state index in [1.54, 1.807) is 57.8 Å². The maximum absolute atomic E-state index is 2.62. The molecule has 0 nitrogen and oxygen atoms in total. The second kappa shape index (κ2) is 8.63. The van der Waals surface area contributed by atoms with Gasteiger partial charge < -0.3 is 0 Å². The van der Waals surface area contributed by atoms with Crippen molar-refractivity contribution in [3.05, 3.63) is 0 Å². The molecule has 4 saturated carbocycles. The summed E-state index contributed by atoms with van der Waals surface area (Å²) in [5, 5.41) is 0. The van der Waals surface area contributed by atoms with Crippen LogP contribution < -0.4 is 0 Å². The molecule has 4 aliphatic carbocycles. The molecule has 0 heteroatoms. The Morgan fingerprint density at radius 1 is 0.536 bits per heavy atom. The van der Waals surface area contributed by atoms with E-state index in [9.17, 15) is 0 Å². The summed E-state index contributed by atoms with van der Waals surface area (Å²) in [7, 11) is 0. The van der Waals surface area contributed by atoms with Gasteiger partial charge >= 0.3 is 0 Å². The Balaban J connectivity index is 1.37. The van der Waals surface area contributed by atoms with Gasteiger partial charge in [-0.05, 0) is 91.3 Å². The maximum atomic E-state index is 2.62. The third-order valence-electron chi connectivity index (χ3n) is 10.3. The quantitative estimate of drug-likeness (QED) is 0.454. The van der Waals surface area contributed by atoms with Crippen molar-refractivity contribution in [2.45, 2.75) is 130 Å². The molecule has 0 spiro atoms. The van der Waals surface area contributed by atoms with Crippen molar-refractivity contribution in [3.63, 3.8) is 0 Å². The molecule has 6 atom stereocenters. The molecule has 0 aliphatic heterocycles. The molecule has 0 aromatic rings. The van der Waals surface area contributed by atoms with E-state index in [0.717, 1.165) is 35.5 Å². The second-order valence-electron chi connectivity index (χ2n) is 13.3. The van der Waals surface area contributed by atoms with Crippen molar-refractivity contribution in [1.82, 2.24) is 0 Å². The van der Waals surface area contributed by atoms with Crippen molar-refractivity contribution in [2.75, 3.05) is 0 Å². The van der Waals surface area contributed by atoms with E-state index in [1.807, 2.05) is 0 Å². The predicted molar refractivity (Wildman–Crippen MR) is 122 cm³/mol. The van der Waals surface area contributed by atoms with Crippen molar-refractivity contribution < 1.29 is 0 Å². The Labute approximate surface area is 177 Å². The van der Waals surface area contributed by atoms with Gasteiger partial charge in [0.05, 0.1) is 0 Å².